The predicted octanol–water partition coefficient (Wildman–Crippen LogP) is 1.82. The molecular weight excluding hydrogens is 193 g/mol. The summed E-state index contributed by atoms with van der Waals surface area (Å²) in [6.45, 7) is 2.75. The lowest BCUT2D eigenvalue weighted by molar-refractivity contribution is -0.129. The molecule has 0 aromatic carbocycles. The zero-order chi connectivity index (χ0) is 9.84. The van der Waals surface area contributed by atoms with Crippen LogP contribution in [0.3, 0.4) is 0 Å². The van der Waals surface area contributed by atoms with Gasteiger partial charge in [-0.15, -0.1) is 11.6 Å². The summed E-state index contributed by atoms with van der Waals surface area (Å²) >= 11 is 5.80. The van der Waals surface area contributed by atoms with E-state index in [1.54, 1.807) is 4.90 Å². The van der Waals surface area contributed by atoms with Crippen LogP contribution >= 0.6 is 11.6 Å². The molecule has 1 rings (SSSR count). The van der Waals surface area contributed by atoms with E-state index in [9.17, 15) is 9.18 Å². The Kier molecular flexibility index (Phi) is 3.97. The van der Waals surface area contributed by atoms with Gasteiger partial charge in [-0.1, -0.05) is 6.92 Å². The molecule has 13 heavy (non-hydrogen) atoms. The molecule has 1 amide bonds. The summed E-state index contributed by atoms with van der Waals surface area (Å²) in [5.41, 5.74) is 0. The Balaban J connectivity index is 2.41. The summed E-state index contributed by atoms with van der Waals surface area (Å²) in [5, 5.41) is -0.432. The molecule has 0 radical (unpaired) electrons. The second-order valence-corrected chi connectivity index (χ2v) is 4.00. The number of halogens is 2. The monoisotopic (exact) mass is 207 g/mol. The minimum Gasteiger partial charge on any atom is -0.341 e. The summed E-state index contributed by atoms with van der Waals surface area (Å²) in [4.78, 5) is 13.2. The Morgan fingerprint density at radius 2 is 2.46 bits per heavy atom. The molecular formula is C9H15ClFNO. The van der Waals surface area contributed by atoms with E-state index in [2.05, 4.69) is 0 Å². The largest absolute Gasteiger partial charge is 0.341 e. The highest BCUT2D eigenvalue weighted by Crippen LogP contribution is 2.19. The van der Waals surface area contributed by atoms with Gasteiger partial charge in [0.1, 0.15) is 5.38 Å². The maximum absolute atomic E-state index is 12.2. The van der Waals surface area contributed by atoms with Crippen LogP contribution in [0.4, 0.5) is 4.39 Å². The van der Waals surface area contributed by atoms with Crippen molar-refractivity contribution < 1.29 is 9.18 Å². The van der Waals surface area contributed by atoms with Crippen LogP contribution in [0.15, 0.2) is 0 Å². The van der Waals surface area contributed by atoms with Gasteiger partial charge in [-0.05, 0) is 12.8 Å². The van der Waals surface area contributed by atoms with Crippen molar-refractivity contribution in [1.29, 1.82) is 0 Å². The van der Waals surface area contributed by atoms with E-state index in [0.717, 1.165) is 6.42 Å². The number of hydrogen-bond donors (Lipinski definition) is 0. The second kappa shape index (κ2) is 4.80. The number of carbonyl (C=O) groups is 1. The maximum atomic E-state index is 12.2. The molecule has 1 saturated heterocycles. The normalized spacial score (nSPS) is 24.8. The van der Waals surface area contributed by atoms with Crippen molar-refractivity contribution in [3.05, 3.63) is 0 Å². The smallest absolute Gasteiger partial charge is 0.240 e. The number of amides is 1. The van der Waals surface area contributed by atoms with E-state index in [1.807, 2.05) is 6.92 Å². The van der Waals surface area contributed by atoms with E-state index in [0.29, 0.717) is 19.5 Å². The van der Waals surface area contributed by atoms with E-state index >= 15 is 0 Å². The molecule has 2 atom stereocenters. The lowest BCUT2D eigenvalue weighted by Gasteiger charge is -2.18. The minimum atomic E-state index is -0.432. The average Bonchev–Trinajstić information content (AvgIpc) is 2.63. The van der Waals surface area contributed by atoms with Crippen molar-refractivity contribution in [2.75, 3.05) is 19.8 Å². The average molecular weight is 208 g/mol. The maximum Gasteiger partial charge on any atom is 0.240 e. The Bertz CT molecular complexity index is 188. The summed E-state index contributed by atoms with van der Waals surface area (Å²) in [5.74, 6) is -0.00945. The first kappa shape index (κ1) is 10.8. The van der Waals surface area contributed by atoms with E-state index in [-0.39, 0.29) is 18.5 Å². The molecule has 4 heteroatoms. The van der Waals surface area contributed by atoms with Gasteiger partial charge in [-0.25, -0.2) is 0 Å². The van der Waals surface area contributed by atoms with Crippen molar-refractivity contribution in [3.8, 4) is 0 Å². The molecule has 0 aromatic rings. The van der Waals surface area contributed by atoms with Crippen LogP contribution in [0.1, 0.15) is 19.8 Å². The van der Waals surface area contributed by atoms with Gasteiger partial charge in [0.2, 0.25) is 5.91 Å². The number of alkyl halides is 2. The molecule has 0 saturated carbocycles. The number of hydrogen-bond acceptors (Lipinski definition) is 1. The van der Waals surface area contributed by atoms with Gasteiger partial charge >= 0.3 is 0 Å². The quantitative estimate of drug-likeness (QED) is 0.647. The standard InChI is InChI=1S/C9H15ClFNO/c1-2-8(10)9(13)12-4-3-7(5-11)6-12/h7-8H,2-6H2,1H3/t7-,8+/m0/s1. The second-order valence-electron chi connectivity index (χ2n) is 3.47. The van der Waals surface area contributed by atoms with Crippen LogP contribution < -0.4 is 0 Å². The predicted molar refractivity (Wildman–Crippen MR) is 50.6 cm³/mol. The molecule has 1 aliphatic heterocycles. The Morgan fingerprint density at radius 1 is 1.77 bits per heavy atom. The fourth-order valence-corrected chi connectivity index (χ4v) is 1.67. The third-order valence-corrected chi connectivity index (χ3v) is 2.94. The lowest BCUT2D eigenvalue weighted by Crippen LogP contribution is -2.34. The highest BCUT2D eigenvalue weighted by molar-refractivity contribution is 6.30. The molecule has 76 valence electrons. The first-order valence-corrected chi connectivity index (χ1v) is 5.11. The Hall–Kier alpha value is -0.310. The van der Waals surface area contributed by atoms with E-state index < -0.39 is 5.38 Å². The summed E-state index contributed by atoms with van der Waals surface area (Å²) in [6, 6.07) is 0. The summed E-state index contributed by atoms with van der Waals surface area (Å²) < 4.78 is 12.2. The molecule has 0 bridgehead atoms. The molecule has 1 aliphatic rings. The third-order valence-electron chi connectivity index (χ3n) is 2.44. The minimum absolute atomic E-state index is 0.0321. The van der Waals surface area contributed by atoms with Crippen LogP contribution in [0.2, 0.25) is 0 Å². The van der Waals surface area contributed by atoms with E-state index in [1.165, 1.54) is 0 Å². The molecule has 0 unspecified atom stereocenters. The van der Waals surface area contributed by atoms with Crippen molar-refractivity contribution in [1.82, 2.24) is 4.90 Å². The van der Waals surface area contributed by atoms with Crippen molar-refractivity contribution in [2.24, 2.45) is 5.92 Å². The molecule has 2 nitrogen and oxygen atoms in total. The van der Waals surface area contributed by atoms with Crippen LogP contribution in [0.25, 0.3) is 0 Å². The summed E-state index contributed by atoms with van der Waals surface area (Å²) in [6.07, 6.45) is 1.41. The van der Waals surface area contributed by atoms with Crippen LogP contribution in [0.5, 0.6) is 0 Å². The topological polar surface area (TPSA) is 20.3 Å². The zero-order valence-electron chi connectivity index (χ0n) is 7.80. The van der Waals surface area contributed by atoms with Crippen LogP contribution in [-0.4, -0.2) is 35.9 Å². The zero-order valence-corrected chi connectivity index (χ0v) is 8.56. The fraction of sp³-hybridized carbons (Fsp3) is 0.889. The molecule has 0 N–H and O–H groups in total. The molecule has 0 spiro atoms. The third kappa shape index (κ3) is 2.56. The van der Waals surface area contributed by atoms with Gasteiger partial charge in [0.15, 0.2) is 0 Å². The van der Waals surface area contributed by atoms with Crippen molar-refractivity contribution in [3.63, 3.8) is 0 Å². The SMILES string of the molecule is CC[C@@H](Cl)C(=O)N1CC[C@@H](CF)C1. The fourth-order valence-electron chi connectivity index (χ4n) is 1.53. The first-order valence-electron chi connectivity index (χ1n) is 4.67. The number of rotatable bonds is 3. The van der Waals surface area contributed by atoms with Crippen molar-refractivity contribution >= 4 is 17.5 Å². The highest BCUT2D eigenvalue weighted by Gasteiger charge is 2.28. The van der Waals surface area contributed by atoms with Crippen LogP contribution in [-0.2, 0) is 4.79 Å². The van der Waals surface area contributed by atoms with Gasteiger partial charge in [0, 0.05) is 19.0 Å². The number of nitrogens with zero attached hydrogens (tertiary/aromatic N) is 1. The van der Waals surface area contributed by atoms with Crippen LogP contribution in [0, 0.1) is 5.92 Å². The molecule has 1 heterocycles. The van der Waals surface area contributed by atoms with Gasteiger partial charge in [0.05, 0.1) is 6.67 Å². The van der Waals surface area contributed by atoms with Gasteiger partial charge in [0.25, 0.3) is 0 Å². The van der Waals surface area contributed by atoms with Gasteiger partial charge < -0.3 is 4.90 Å². The Morgan fingerprint density at radius 3 is 2.92 bits per heavy atom. The lowest BCUT2D eigenvalue weighted by atomic mass is 10.1. The molecule has 0 aliphatic carbocycles. The highest BCUT2D eigenvalue weighted by atomic mass is 35.5. The molecule has 1 fully saturated rings. The van der Waals surface area contributed by atoms with Gasteiger partial charge in [-0.3, -0.25) is 9.18 Å². The molecule has 0 aromatic heterocycles. The first-order chi connectivity index (χ1) is 6.19. The van der Waals surface area contributed by atoms with Crippen molar-refractivity contribution in [2.45, 2.75) is 25.1 Å². The van der Waals surface area contributed by atoms with E-state index in [4.69, 9.17) is 11.6 Å². The summed E-state index contributed by atoms with van der Waals surface area (Å²) in [7, 11) is 0. The number of carbonyl (C=O) groups excluding carboxylic acids is 1. The number of likely N-dealkylation sites (tertiary alicyclic amines) is 1. The Labute approximate surface area is 83.0 Å². The van der Waals surface area contributed by atoms with Gasteiger partial charge in [-0.2, -0.15) is 0 Å².